The molecule has 25 heavy (non-hydrogen) atoms. The fraction of sp³-hybridized carbons (Fsp3) is 0.263. The molecule has 0 saturated heterocycles. The van der Waals surface area contributed by atoms with Crippen LogP contribution in [0.5, 0.6) is 0 Å². The highest BCUT2D eigenvalue weighted by molar-refractivity contribution is 5.79. The van der Waals surface area contributed by atoms with Crippen molar-refractivity contribution in [2.24, 2.45) is 0 Å². The summed E-state index contributed by atoms with van der Waals surface area (Å²) in [6.45, 7) is 0.228. The first kappa shape index (κ1) is 17.0. The van der Waals surface area contributed by atoms with Crippen molar-refractivity contribution in [3.05, 3.63) is 59.7 Å². The standard InChI is InChI=1S/C19H19NO5/c21-17(18(22)23)9-10-20-19(24)25-11-16-14-7-3-1-5-12(14)13-6-2-4-8-15(13)16/h1-8,16-17,21H,9-11H2,(H,20,24)(H,22,23). The van der Waals surface area contributed by atoms with Crippen molar-refractivity contribution in [1.82, 2.24) is 5.32 Å². The van der Waals surface area contributed by atoms with E-state index >= 15 is 0 Å². The van der Waals surface area contributed by atoms with Gasteiger partial charge in [-0.1, -0.05) is 48.5 Å². The molecular formula is C19H19NO5. The van der Waals surface area contributed by atoms with Crippen LogP contribution >= 0.6 is 0 Å². The van der Waals surface area contributed by atoms with E-state index in [9.17, 15) is 9.59 Å². The summed E-state index contributed by atoms with van der Waals surface area (Å²) < 4.78 is 5.30. The molecule has 6 heteroatoms. The smallest absolute Gasteiger partial charge is 0.407 e. The number of amides is 1. The molecule has 0 bridgehead atoms. The lowest BCUT2D eigenvalue weighted by atomic mass is 9.98. The minimum Gasteiger partial charge on any atom is -0.479 e. The van der Waals surface area contributed by atoms with Gasteiger partial charge in [0, 0.05) is 18.9 Å². The number of benzene rings is 2. The van der Waals surface area contributed by atoms with Crippen molar-refractivity contribution in [3.8, 4) is 11.1 Å². The topological polar surface area (TPSA) is 95.9 Å². The highest BCUT2D eigenvalue weighted by atomic mass is 16.5. The number of aliphatic hydroxyl groups excluding tert-OH is 1. The molecule has 1 atom stereocenters. The van der Waals surface area contributed by atoms with E-state index < -0.39 is 18.2 Å². The van der Waals surface area contributed by atoms with Gasteiger partial charge in [0.2, 0.25) is 0 Å². The van der Waals surface area contributed by atoms with Crippen LogP contribution in [-0.4, -0.2) is 41.5 Å². The lowest BCUT2D eigenvalue weighted by Gasteiger charge is -2.14. The van der Waals surface area contributed by atoms with Gasteiger partial charge in [-0.25, -0.2) is 9.59 Å². The fourth-order valence-corrected chi connectivity index (χ4v) is 3.08. The molecule has 0 radical (unpaired) electrons. The number of hydrogen-bond donors (Lipinski definition) is 3. The van der Waals surface area contributed by atoms with Crippen LogP contribution in [-0.2, 0) is 9.53 Å². The molecule has 6 nitrogen and oxygen atoms in total. The third-order valence-corrected chi connectivity index (χ3v) is 4.32. The SMILES string of the molecule is O=C(NCCC(O)C(=O)O)OCC1c2ccccc2-c2ccccc21. The summed E-state index contributed by atoms with van der Waals surface area (Å²) in [5, 5.41) is 20.2. The Morgan fingerprint density at radius 2 is 1.60 bits per heavy atom. The number of carboxylic acid groups (broad SMARTS) is 1. The van der Waals surface area contributed by atoms with Crippen molar-refractivity contribution in [1.29, 1.82) is 0 Å². The van der Waals surface area contributed by atoms with Crippen molar-refractivity contribution in [3.63, 3.8) is 0 Å². The molecule has 1 amide bonds. The number of ether oxygens (including phenoxy) is 1. The van der Waals surface area contributed by atoms with E-state index in [0.717, 1.165) is 22.3 Å². The number of aliphatic carboxylic acids is 1. The normalized spacial score (nSPS) is 13.6. The molecule has 3 N–H and O–H groups in total. The Morgan fingerprint density at radius 1 is 1.04 bits per heavy atom. The van der Waals surface area contributed by atoms with Crippen LogP contribution in [0.4, 0.5) is 4.79 Å². The van der Waals surface area contributed by atoms with E-state index in [1.807, 2.05) is 36.4 Å². The minimum atomic E-state index is -1.49. The number of carboxylic acids is 1. The molecule has 0 fully saturated rings. The number of aliphatic hydroxyl groups is 1. The first-order valence-electron chi connectivity index (χ1n) is 8.07. The third-order valence-electron chi connectivity index (χ3n) is 4.32. The van der Waals surface area contributed by atoms with Gasteiger partial charge in [-0.05, 0) is 22.3 Å². The molecule has 0 heterocycles. The average molecular weight is 341 g/mol. The Labute approximate surface area is 145 Å². The van der Waals surface area contributed by atoms with Gasteiger partial charge in [-0.15, -0.1) is 0 Å². The Hall–Kier alpha value is -2.86. The fourth-order valence-electron chi connectivity index (χ4n) is 3.08. The second-order valence-corrected chi connectivity index (χ2v) is 5.90. The number of nitrogens with one attached hydrogen (secondary N) is 1. The van der Waals surface area contributed by atoms with E-state index in [4.69, 9.17) is 14.9 Å². The summed E-state index contributed by atoms with van der Waals surface area (Å²) in [5.74, 6) is -1.34. The monoisotopic (exact) mass is 341 g/mol. The zero-order valence-corrected chi connectivity index (χ0v) is 13.5. The molecule has 1 aliphatic carbocycles. The van der Waals surface area contributed by atoms with Crippen molar-refractivity contribution < 1.29 is 24.5 Å². The van der Waals surface area contributed by atoms with E-state index in [2.05, 4.69) is 17.4 Å². The molecule has 0 saturated carbocycles. The molecular weight excluding hydrogens is 322 g/mol. The van der Waals surface area contributed by atoms with Crippen LogP contribution in [0.25, 0.3) is 11.1 Å². The first-order valence-corrected chi connectivity index (χ1v) is 8.07. The van der Waals surface area contributed by atoms with Gasteiger partial charge in [0.15, 0.2) is 6.10 Å². The highest BCUT2D eigenvalue weighted by Gasteiger charge is 2.28. The second-order valence-electron chi connectivity index (χ2n) is 5.90. The minimum absolute atomic E-state index is 0.0252. The van der Waals surface area contributed by atoms with Crippen molar-refractivity contribution in [2.75, 3.05) is 13.2 Å². The van der Waals surface area contributed by atoms with Gasteiger partial charge in [0.25, 0.3) is 0 Å². The largest absolute Gasteiger partial charge is 0.479 e. The van der Waals surface area contributed by atoms with E-state index in [-0.39, 0.29) is 25.5 Å². The zero-order chi connectivity index (χ0) is 17.8. The van der Waals surface area contributed by atoms with Gasteiger partial charge in [-0.3, -0.25) is 0 Å². The molecule has 0 aromatic heterocycles. The van der Waals surface area contributed by atoms with Crippen LogP contribution in [0.2, 0.25) is 0 Å². The third kappa shape index (κ3) is 3.64. The Morgan fingerprint density at radius 3 is 2.16 bits per heavy atom. The Bertz CT molecular complexity index is 743. The van der Waals surface area contributed by atoms with E-state index in [1.165, 1.54) is 0 Å². The van der Waals surface area contributed by atoms with Gasteiger partial charge < -0.3 is 20.3 Å². The van der Waals surface area contributed by atoms with Crippen molar-refractivity contribution in [2.45, 2.75) is 18.4 Å². The van der Waals surface area contributed by atoms with Gasteiger partial charge in [0.05, 0.1) is 0 Å². The second kappa shape index (κ2) is 7.36. The lowest BCUT2D eigenvalue weighted by Crippen LogP contribution is -2.31. The maximum atomic E-state index is 11.8. The number of alkyl carbamates (subject to hydrolysis) is 1. The predicted molar refractivity (Wildman–Crippen MR) is 91.3 cm³/mol. The van der Waals surface area contributed by atoms with Crippen LogP contribution in [0.3, 0.4) is 0 Å². The van der Waals surface area contributed by atoms with Gasteiger partial charge in [0.1, 0.15) is 6.61 Å². The van der Waals surface area contributed by atoms with Crippen LogP contribution in [0, 0.1) is 0 Å². The van der Waals surface area contributed by atoms with Crippen LogP contribution < -0.4 is 5.32 Å². The number of carbonyl (C=O) groups is 2. The van der Waals surface area contributed by atoms with Gasteiger partial charge >= 0.3 is 12.1 Å². The van der Waals surface area contributed by atoms with E-state index in [0.29, 0.717) is 0 Å². The summed E-state index contributed by atoms with van der Waals surface area (Å²) in [6, 6.07) is 16.1. The highest BCUT2D eigenvalue weighted by Crippen LogP contribution is 2.44. The predicted octanol–water partition coefficient (Wildman–Crippen LogP) is 2.36. The molecule has 0 aliphatic heterocycles. The molecule has 1 aliphatic rings. The Balaban J connectivity index is 1.60. The zero-order valence-electron chi connectivity index (χ0n) is 13.5. The molecule has 1 unspecified atom stereocenters. The van der Waals surface area contributed by atoms with Crippen LogP contribution in [0.1, 0.15) is 23.5 Å². The first-order chi connectivity index (χ1) is 12.1. The number of fused-ring (bicyclic) bond motifs is 3. The van der Waals surface area contributed by atoms with E-state index in [1.54, 1.807) is 0 Å². The maximum absolute atomic E-state index is 11.8. The molecule has 2 aromatic rings. The number of rotatable bonds is 6. The summed E-state index contributed by atoms with van der Waals surface area (Å²) in [4.78, 5) is 22.3. The molecule has 2 aromatic carbocycles. The Kier molecular flexibility index (Phi) is 5.00. The molecule has 130 valence electrons. The molecule has 0 spiro atoms. The summed E-state index contributed by atoms with van der Waals surface area (Å²) in [6.07, 6.45) is -2.19. The van der Waals surface area contributed by atoms with Crippen LogP contribution in [0.15, 0.2) is 48.5 Å². The average Bonchev–Trinajstić information content (AvgIpc) is 2.94. The van der Waals surface area contributed by atoms with Gasteiger partial charge in [-0.2, -0.15) is 0 Å². The summed E-state index contributed by atoms with van der Waals surface area (Å²) in [7, 11) is 0. The maximum Gasteiger partial charge on any atom is 0.407 e. The van der Waals surface area contributed by atoms with Crippen molar-refractivity contribution >= 4 is 12.1 Å². The summed E-state index contributed by atoms with van der Waals surface area (Å²) in [5.41, 5.74) is 4.55. The number of hydrogen-bond acceptors (Lipinski definition) is 4. The quantitative estimate of drug-likeness (QED) is 0.750. The number of carbonyl (C=O) groups excluding carboxylic acids is 1. The summed E-state index contributed by atoms with van der Waals surface area (Å²) >= 11 is 0. The molecule has 3 rings (SSSR count). The lowest BCUT2D eigenvalue weighted by molar-refractivity contribution is -0.146.